The maximum atomic E-state index is 8.74. The average molecular weight is 409 g/mol. The van der Waals surface area contributed by atoms with Crippen LogP contribution in [0.2, 0.25) is 0 Å². The Morgan fingerprint density at radius 3 is 0.571 bits per heavy atom. The molecule has 0 spiro atoms. The van der Waals surface area contributed by atoms with Gasteiger partial charge in [0.1, 0.15) is 0 Å². The van der Waals surface area contributed by atoms with Gasteiger partial charge in [-0.3, -0.25) is 9.11 Å². The maximum absolute atomic E-state index is 8.74. The van der Waals surface area contributed by atoms with Crippen molar-refractivity contribution in [2.45, 2.75) is 0 Å². The standard InChI is InChI=1S/Er.H2O4S.8H2O/c;1-5(2,3)4;;;;;;;;/h;(H2,1,2,3,4);8*1H2. The van der Waals surface area contributed by atoms with E-state index in [2.05, 4.69) is 0 Å². The second-order valence-corrected chi connectivity index (χ2v) is 1.34. The quantitative estimate of drug-likeness (QED) is 0.368. The van der Waals surface area contributed by atoms with Gasteiger partial charge in [0.25, 0.3) is 0 Å². The van der Waals surface area contributed by atoms with Crippen molar-refractivity contribution in [1.82, 2.24) is 0 Å². The third-order valence-corrected chi connectivity index (χ3v) is 0. The first-order valence-electron chi connectivity index (χ1n) is 0.698. The normalized spacial score (nSPS) is 4.14. The largest absolute Gasteiger partial charge is 0.412 e. The van der Waals surface area contributed by atoms with Crippen molar-refractivity contribution in [3.05, 3.63) is 0 Å². The molecule has 0 saturated heterocycles. The molecule has 0 rings (SSSR count). The molecule has 0 amide bonds. The molecule has 0 aromatic carbocycles. The van der Waals surface area contributed by atoms with Gasteiger partial charge in [-0.15, -0.1) is 0 Å². The zero-order valence-corrected chi connectivity index (χ0v) is 9.08. The van der Waals surface area contributed by atoms with Crippen molar-refractivity contribution < 1.29 is 98.6 Å². The van der Waals surface area contributed by atoms with Gasteiger partial charge < -0.3 is 43.8 Å². The summed E-state index contributed by atoms with van der Waals surface area (Å²) >= 11 is 0. The first kappa shape index (κ1) is 122. The van der Waals surface area contributed by atoms with Gasteiger partial charge in [-0.05, 0) is 0 Å². The van der Waals surface area contributed by atoms with E-state index in [0.717, 1.165) is 0 Å². The molecule has 0 atom stereocenters. The van der Waals surface area contributed by atoms with Crippen LogP contribution in [0.5, 0.6) is 0 Å². The smallest absolute Gasteiger partial charge is 0.394 e. The van der Waals surface area contributed by atoms with Crippen molar-refractivity contribution >= 4 is 10.4 Å². The Labute approximate surface area is 109 Å². The SMILES string of the molecule is O.O.O.O.O.O.O.O.O=S(=O)(O)O.[Er]. The Hall–Kier alpha value is 0.797. The zero-order valence-electron chi connectivity index (χ0n) is 6.41. The third-order valence-electron chi connectivity index (χ3n) is 0. The summed E-state index contributed by atoms with van der Waals surface area (Å²) in [6.45, 7) is 0. The van der Waals surface area contributed by atoms with E-state index in [4.69, 9.17) is 17.5 Å². The van der Waals surface area contributed by atoms with Gasteiger partial charge in [0.15, 0.2) is 0 Å². The molecule has 0 aliphatic heterocycles. The fraction of sp³-hybridized carbons (Fsp3) is 0. The summed E-state index contributed by atoms with van der Waals surface area (Å²) in [4.78, 5) is 0. The number of hydrogen-bond donors (Lipinski definition) is 2. The molecular weight excluding hydrogens is 391 g/mol. The van der Waals surface area contributed by atoms with Gasteiger partial charge in [0.05, 0.1) is 0 Å². The van der Waals surface area contributed by atoms with E-state index in [9.17, 15) is 0 Å². The van der Waals surface area contributed by atoms with Crippen LogP contribution in [0.4, 0.5) is 0 Å². The Morgan fingerprint density at radius 2 is 0.571 bits per heavy atom. The summed E-state index contributed by atoms with van der Waals surface area (Å²) in [5.74, 6) is 0. The van der Waals surface area contributed by atoms with Crippen LogP contribution in [0.15, 0.2) is 0 Å². The summed E-state index contributed by atoms with van der Waals surface area (Å²) in [5.41, 5.74) is 0. The minimum atomic E-state index is -4.67. The summed E-state index contributed by atoms with van der Waals surface area (Å²) in [7, 11) is -4.67. The summed E-state index contributed by atoms with van der Waals surface area (Å²) in [6, 6.07) is 0. The third kappa shape index (κ3) is 2810. The van der Waals surface area contributed by atoms with Crippen molar-refractivity contribution in [1.29, 1.82) is 0 Å². The molecule has 18 N–H and O–H groups in total. The summed E-state index contributed by atoms with van der Waals surface area (Å²) in [5, 5.41) is 0. The van der Waals surface area contributed by atoms with Crippen LogP contribution >= 0.6 is 0 Å². The van der Waals surface area contributed by atoms with E-state index in [-0.39, 0.29) is 81.1 Å². The van der Waals surface area contributed by atoms with E-state index in [0.29, 0.717) is 0 Å². The maximum Gasteiger partial charge on any atom is 0.394 e. The molecule has 14 heteroatoms. The van der Waals surface area contributed by atoms with E-state index < -0.39 is 10.4 Å². The molecule has 0 radical (unpaired) electrons. The van der Waals surface area contributed by atoms with Gasteiger partial charge in [0.2, 0.25) is 0 Å². The fourth-order valence-corrected chi connectivity index (χ4v) is 0. The Balaban J connectivity index is -0.00000000222. The molecule has 108 valence electrons. The molecule has 0 aromatic heterocycles. The molecule has 0 unspecified atom stereocenters. The first-order valence-corrected chi connectivity index (χ1v) is 2.10. The van der Waals surface area contributed by atoms with E-state index in [1.165, 1.54) is 0 Å². The molecule has 14 heavy (non-hydrogen) atoms. The Kier molecular flexibility index (Phi) is 428. The summed E-state index contributed by atoms with van der Waals surface area (Å²) < 4.78 is 31.6. The second kappa shape index (κ2) is 48.9. The Morgan fingerprint density at radius 1 is 0.571 bits per heavy atom. The molecule has 0 fully saturated rings. The fourth-order valence-electron chi connectivity index (χ4n) is 0. The molecule has 12 nitrogen and oxygen atoms in total. The van der Waals surface area contributed by atoms with Crippen molar-refractivity contribution in [2.24, 2.45) is 0 Å². The van der Waals surface area contributed by atoms with Gasteiger partial charge in [-0.1, -0.05) is 0 Å². The van der Waals surface area contributed by atoms with Crippen LogP contribution in [0.1, 0.15) is 0 Å². The zero-order chi connectivity index (χ0) is 4.50. The minimum Gasteiger partial charge on any atom is -0.412 e. The minimum absolute atomic E-state index is 0. The van der Waals surface area contributed by atoms with Gasteiger partial charge in [0, 0.05) is 37.3 Å². The number of hydrogen-bond acceptors (Lipinski definition) is 2. The summed E-state index contributed by atoms with van der Waals surface area (Å²) in [6.07, 6.45) is 0. The molecule has 0 bridgehead atoms. The Bertz CT molecular complexity index is 93.5. The predicted molar refractivity (Wildman–Crippen MR) is 43.1 cm³/mol. The van der Waals surface area contributed by atoms with Crippen molar-refractivity contribution in [3.8, 4) is 0 Å². The number of rotatable bonds is 0. The van der Waals surface area contributed by atoms with Crippen LogP contribution in [-0.2, 0) is 10.4 Å². The van der Waals surface area contributed by atoms with E-state index in [1.807, 2.05) is 0 Å². The molecule has 0 heterocycles. The van der Waals surface area contributed by atoms with Gasteiger partial charge >= 0.3 is 10.4 Å². The molecule has 0 aromatic rings. The van der Waals surface area contributed by atoms with Crippen LogP contribution in [0.25, 0.3) is 0 Å². The van der Waals surface area contributed by atoms with Crippen molar-refractivity contribution in [3.63, 3.8) is 0 Å². The predicted octanol–water partition coefficient (Wildman–Crippen LogP) is -7.25. The van der Waals surface area contributed by atoms with Crippen LogP contribution < -0.4 is 0 Å². The monoisotopic (exact) mass is 408 g/mol. The van der Waals surface area contributed by atoms with Crippen molar-refractivity contribution in [2.75, 3.05) is 0 Å². The van der Waals surface area contributed by atoms with Crippen LogP contribution in [0.3, 0.4) is 0 Å². The van der Waals surface area contributed by atoms with E-state index in [1.54, 1.807) is 0 Å². The van der Waals surface area contributed by atoms with Gasteiger partial charge in [-0.2, -0.15) is 8.42 Å². The average Bonchev–Trinajstić information content (AvgIpc) is 0.722. The molecule has 0 aliphatic rings. The molecular formula is H18ErO12S. The molecule has 0 saturated carbocycles. The van der Waals surface area contributed by atoms with Crippen LogP contribution in [0, 0.1) is 37.3 Å². The topological polar surface area (TPSA) is 327 Å². The van der Waals surface area contributed by atoms with E-state index >= 15 is 0 Å². The first-order chi connectivity index (χ1) is 2.00. The second-order valence-electron chi connectivity index (χ2n) is 0.448. The molecule has 0 aliphatic carbocycles. The van der Waals surface area contributed by atoms with Crippen LogP contribution in [-0.4, -0.2) is 61.3 Å². The van der Waals surface area contributed by atoms with Gasteiger partial charge in [-0.25, -0.2) is 0 Å².